The first kappa shape index (κ1) is 17.4. The van der Waals surface area contributed by atoms with E-state index in [4.69, 9.17) is 9.15 Å². The summed E-state index contributed by atoms with van der Waals surface area (Å²) >= 11 is 0. The topological polar surface area (TPSA) is 76.7 Å². The van der Waals surface area contributed by atoms with E-state index >= 15 is 0 Å². The number of allylic oxidation sites excluding steroid dienone is 2. The molecule has 0 unspecified atom stereocenters. The number of aryl methyl sites for hydroxylation is 1. The molecule has 0 radical (unpaired) electrons. The molecule has 0 saturated heterocycles. The Bertz CT molecular complexity index is 929. The standard InChI is InChI=1S/C20H22O5/c1-11(2)8-13(21)9-20(4,23)14-10-24-19-17(14)18(22)16-12(3)6-5-7-15(16)25-19/h5-8,14,23H,9-10H2,1-4H3/t14-,20-/m0/s1. The molecule has 2 atom stereocenters. The van der Waals surface area contributed by atoms with Crippen LogP contribution in [-0.2, 0) is 4.79 Å². The second-order valence-corrected chi connectivity index (χ2v) is 7.17. The maximum atomic E-state index is 13.0. The highest BCUT2D eigenvalue weighted by atomic mass is 16.6. The van der Waals surface area contributed by atoms with E-state index in [1.54, 1.807) is 13.0 Å². The smallest absolute Gasteiger partial charge is 0.292 e. The largest absolute Gasteiger partial charge is 0.464 e. The van der Waals surface area contributed by atoms with Gasteiger partial charge in [-0.05, 0) is 45.4 Å². The van der Waals surface area contributed by atoms with Crippen molar-refractivity contribution in [1.82, 2.24) is 0 Å². The van der Waals surface area contributed by atoms with Crippen LogP contribution in [0, 0.1) is 6.92 Å². The summed E-state index contributed by atoms with van der Waals surface area (Å²) in [4.78, 5) is 25.1. The van der Waals surface area contributed by atoms with Crippen LogP contribution in [0.25, 0.3) is 11.0 Å². The third-order valence-corrected chi connectivity index (χ3v) is 4.59. The minimum absolute atomic E-state index is 0.0864. The lowest BCUT2D eigenvalue weighted by Crippen LogP contribution is -2.37. The van der Waals surface area contributed by atoms with Gasteiger partial charge in [-0.2, -0.15) is 0 Å². The molecule has 132 valence electrons. The molecule has 5 nitrogen and oxygen atoms in total. The van der Waals surface area contributed by atoms with Crippen molar-refractivity contribution in [3.63, 3.8) is 0 Å². The molecule has 0 saturated carbocycles. The second-order valence-electron chi connectivity index (χ2n) is 7.17. The first-order valence-electron chi connectivity index (χ1n) is 8.30. The Morgan fingerprint density at radius 3 is 2.80 bits per heavy atom. The van der Waals surface area contributed by atoms with E-state index in [9.17, 15) is 14.7 Å². The van der Waals surface area contributed by atoms with Crippen molar-refractivity contribution in [2.75, 3.05) is 6.61 Å². The lowest BCUT2D eigenvalue weighted by Gasteiger charge is -2.27. The van der Waals surface area contributed by atoms with Gasteiger partial charge in [0.05, 0.1) is 22.5 Å². The number of benzene rings is 1. The van der Waals surface area contributed by atoms with Crippen LogP contribution in [0.5, 0.6) is 5.95 Å². The van der Waals surface area contributed by atoms with Crippen LogP contribution in [0.2, 0.25) is 0 Å². The number of aliphatic hydroxyl groups is 1. The second kappa shape index (κ2) is 6.15. The number of carbonyl (C=O) groups excluding carboxylic acids is 1. The number of fused-ring (bicyclic) bond motifs is 2. The van der Waals surface area contributed by atoms with E-state index in [-0.39, 0.29) is 30.2 Å². The Morgan fingerprint density at radius 1 is 1.40 bits per heavy atom. The summed E-state index contributed by atoms with van der Waals surface area (Å²) in [6, 6.07) is 5.37. The van der Waals surface area contributed by atoms with Crippen LogP contribution >= 0.6 is 0 Å². The maximum absolute atomic E-state index is 13.0. The molecular weight excluding hydrogens is 320 g/mol. The van der Waals surface area contributed by atoms with Crippen LogP contribution in [-0.4, -0.2) is 23.1 Å². The third-order valence-electron chi connectivity index (χ3n) is 4.59. The average molecular weight is 342 g/mol. The predicted molar refractivity (Wildman–Crippen MR) is 95.1 cm³/mol. The minimum Gasteiger partial charge on any atom is -0.464 e. The fraction of sp³-hybridized carbons (Fsp3) is 0.400. The lowest BCUT2D eigenvalue weighted by atomic mass is 9.81. The van der Waals surface area contributed by atoms with E-state index in [1.807, 2.05) is 32.9 Å². The number of carbonyl (C=O) groups is 1. The summed E-state index contributed by atoms with van der Waals surface area (Å²) < 4.78 is 11.3. The molecule has 0 bridgehead atoms. The molecule has 1 N–H and O–H groups in total. The third kappa shape index (κ3) is 3.12. The predicted octanol–water partition coefficient (Wildman–Crippen LogP) is 3.25. The summed E-state index contributed by atoms with van der Waals surface area (Å²) in [6.07, 6.45) is 1.41. The first-order chi connectivity index (χ1) is 11.7. The van der Waals surface area contributed by atoms with Crippen LogP contribution in [0.15, 0.2) is 39.1 Å². The van der Waals surface area contributed by atoms with Gasteiger partial charge in [0, 0.05) is 6.42 Å². The van der Waals surface area contributed by atoms with Crippen molar-refractivity contribution in [2.45, 2.75) is 45.6 Å². The van der Waals surface area contributed by atoms with Crippen LogP contribution in [0.4, 0.5) is 0 Å². The number of hydrogen-bond donors (Lipinski definition) is 1. The fourth-order valence-corrected chi connectivity index (χ4v) is 3.39. The van der Waals surface area contributed by atoms with Crippen molar-refractivity contribution >= 4 is 16.8 Å². The average Bonchev–Trinajstić information content (AvgIpc) is 2.90. The summed E-state index contributed by atoms with van der Waals surface area (Å²) in [5, 5.41) is 11.4. The molecule has 1 aliphatic heterocycles. The highest BCUT2D eigenvalue weighted by Crippen LogP contribution is 2.41. The monoisotopic (exact) mass is 342 g/mol. The summed E-state index contributed by atoms with van der Waals surface area (Å²) in [5.41, 5.74) is 0.845. The Labute approximate surface area is 145 Å². The summed E-state index contributed by atoms with van der Waals surface area (Å²) in [5.74, 6) is -0.653. The van der Waals surface area contributed by atoms with E-state index in [0.717, 1.165) is 11.1 Å². The van der Waals surface area contributed by atoms with E-state index < -0.39 is 11.5 Å². The highest BCUT2D eigenvalue weighted by molar-refractivity contribution is 5.91. The first-order valence-corrected chi connectivity index (χ1v) is 8.30. The van der Waals surface area contributed by atoms with E-state index in [2.05, 4.69) is 0 Å². The summed E-state index contributed by atoms with van der Waals surface area (Å²) in [7, 11) is 0. The SMILES string of the molecule is CC(C)=CC(=O)C[C@](C)(O)[C@H]1COc2oc3cccc(C)c3c(=O)c21. The number of rotatable bonds is 4. The molecule has 3 rings (SSSR count). The van der Waals surface area contributed by atoms with Crippen molar-refractivity contribution in [2.24, 2.45) is 0 Å². The van der Waals surface area contributed by atoms with Gasteiger partial charge in [0.25, 0.3) is 5.95 Å². The molecule has 5 heteroatoms. The molecule has 0 spiro atoms. The normalized spacial score (nSPS) is 18.4. The zero-order valence-electron chi connectivity index (χ0n) is 14.9. The molecule has 1 aromatic heterocycles. The molecule has 0 amide bonds. The Kier molecular flexibility index (Phi) is 4.29. The Balaban J connectivity index is 2.07. The van der Waals surface area contributed by atoms with E-state index in [0.29, 0.717) is 16.5 Å². The number of ether oxygens (including phenoxy) is 1. The molecule has 2 heterocycles. The maximum Gasteiger partial charge on any atom is 0.292 e. The molecule has 1 aliphatic rings. The van der Waals surface area contributed by atoms with E-state index in [1.165, 1.54) is 6.08 Å². The van der Waals surface area contributed by atoms with Gasteiger partial charge in [0.2, 0.25) is 5.43 Å². The van der Waals surface area contributed by atoms with Crippen LogP contribution < -0.4 is 10.2 Å². The van der Waals surface area contributed by atoms with Gasteiger partial charge in [-0.3, -0.25) is 9.59 Å². The molecule has 1 aromatic carbocycles. The zero-order valence-corrected chi connectivity index (χ0v) is 14.9. The van der Waals surface area contributed by atoms with Crippen molar-refractivity contribution in [1.29, 1.82) is 0 Å². The lowest BCUT2D eigenvalue weighted by molar-refractivity contribution is -0.119. The molecular formula is C20H22O5. The number of ketones is 1. The van der Waals surface area contributed by atoms with Gasteiger partial charge in [0.15, 0.2) is 5.78 Å². The van der Waals surface area contributed by atoms with Gasteiger partial charge in [-0.25, -0.2) is 0 Å². The van der Waals surface area contributed by atoms with Crippen molar-refractivity contribution in [3.05, 3.63) is 51.2 Å². The highest BCUT2D eigenvalue weighted by Gasteiger charge is 2.43. The fourth-order valence-electron chi connectivity index (χ4n) is 3.39. The Morgan fingerprint density at radius 2 is 2.12 bits per heavy atom. The number of hydrogen-bond acceptors (Lipinski definition) is 5. The van der Waals surface area contributed by atoms with Gasteiger partial charge < -0.3 is 14.3 Å². The molecule has 25 heavy (non-hydrogen) atoms. The van der Waals surface area contributed by atoms with Gasteiger partial charge in [-0.1, -0.05) is 17.7 Å². The molecule has 0 aliphatic carbocycles. The van der Waals surface area contributed by atoms with Crippen LogP contribution in [0.1, 0.15) is 44.2 Å². The quantitative estimate of drug-likeness (QED) is 0.863. The van der Waals surface area contributed by atoms with Crippen molar-refractivity contribution in [3.8, 4) is 5.95 Å². The molecule has 2 aromatic rings. The minimum atomic E-state index is -1.40. The van der Waals surface area contributed by atoms with Crippen LogP contribution in [0.3, 0.4) is 0 Å². The van der Waals surface area contributed by atoms with Gasteiger partial charge >= 0.3 is 0 Å². The van der Waals surface area contributed by atoms with Crippen molar-refractivity contribution < 1.29 is 19.1 Å². The molecule has 0 fully saturated rings. The Hall–Kier alpha value is -2.40. The summed E-state index contributed by atoms with van der Waals surface area (Å²) in [6.45, 7) is 7.16. The van der Waals surface area contributed by atoms with Gasteiger partial charge in [0.1, 0.15) is 12.2 Å². The van der Waals surface area contributed by atoms with Gasteiger partial charge in [-0.15, -0.1) is 0 Å². The zero-order chi connectivity index (χ0) is 18.4.